The van der Waals surface area contributed by atoms with Crippen LogP contribution in [-0.4, -0.2) is 20.6 Å². The Morgan fingerprint density at radius 1 is 1.33 bits per heavy atom. The van der Waals surface area contributed by atoms with Gasteiger partial charge in [-0.1, -0.05) is 20.8 Å². The van der Waals surface area contributed by atoms with E-state index in [9.17, 15) is 0 Å². The van der Waals surface area contributed by atoms with Crippen molar-refractivity contribution < 1.29 is 0 Å². The Labute approximate surface area is 108 Å². The highest BCUT2D eigenvalue weighted by Gasteiger charge is 2.04. The lowest BCUT2D eigenvalue weighted by Gasteiger charge is -2.10. The van der Waals surface area contributed by atoms with Gasteiger partial charge in [0.05, 0.1) is 11.9 Å². The molecule has 0 amide bonds. The molecule has 0 atom stereocenters. The number of imidazole rings is 1. The van der Waals surface area contributed by atoms with Crippen LogP contribution in [0.5, 0.6) is 0 Å². The summed E-state index contributed by atoms with van der Waals surface area (Å²) in [5.41, 5.74) is 2.27. The number of rotatable bonds is 5. The monoisotopic (exact) mass is 244 g/mol. The Kier molecular flexibility index (Phi) is 4.10. The molecule has 0 saturated carbocycles. The summed E-state index contributed by atoms with van der Waals surface area (Å²) in [5.74, 6) is 1.06. The molecule has 96 valence electrons. The largest absolute Gasteiger partial charge is 0.310 e. The molecule has 1 N–H and O–H groups in total. The minimum Gasteiger partial charge on any atom is -0.310 e. The van der Waals surface area contributed by atoms with Crippen molar-refractivity contribution in [3.05, 3.63) is 42.2 Å². The van der Waals surface area contributed by atoms with Gasteiger partial charge in [0.1, 0.15) is 5.82 Å². The van der Waals surface area contributed by atoms with Crippen molar-refractivity contribution in [3.63, 3.8) is 0 Å². The van der Waals surface area contributed by atoms with Crippen molar-refractivity contribution in [2.24, 2.45) is 0 Å². The number of nitrogens with zero attached hydrogens (tertiary/aromatic N) is 3. The Hall–Kier alpha value is -1.68. The van der Waals surface area contributed by atoms with E-state index in [2.05, 4.69) is 46.7 Å². The normalized spacial score (nSPS) is 11.1. The van der Waals surface area contributed by atoms with E-state index in [1.54, 1.807) is 0 Å². The lowest BCUT2D eigenvalue weighted by Crippen LogP contribution is -2.22. The number of nitrogens with one attached hydrogen (secondary N) is 1. The van der Waals surface area contributed by atoms with E-state index in [0.29, 0.717) is 6.04 Å². The second-order valence-electron chi connectivity index (χ2n) is 4.65. The summed E-state index contributed by atoms with van der Waals surface area (Å²) in [7, 11) is 0. The summed E-state index contributed by atoms with van der Waals surface area (Å²) < 4.78 is 2.09. The van der Waals surface area contributed by atoms with Crippen LogP contribution in [0.4, 0.5) is 0 Å². The summed E-state index contributed by atoms with van der Waals surface area (Å²) in [6, 6.07) is 2.64. The third-order valence-electron chi connectivity index (χ3n) is 2.81. The van der Waals surface area contributed by atoms with Gasteiger partial charge in [-0.15, -0.1) is 0 Å². The van der Waals surface area contributed by atoms with Crippen LogP contribution in [0.3, 0.4) is 0 Å². The van der Waals surface area contributed by atoms with Crippen molar-refractivity contribution in [1.29, 1.82) is 0 Å². The molecule has 0 unspecified atom stereocenters. The van der Waals surface area contributed by atoms with Crippen LogP contribution in [0.1, 0.15) is 32.2 Å². The molecule has 4 heteroatoms. The lowest BCUT2D eigenvalue weighted by atomic mass is 10.2. The molecule has 4 nitrogen and oxygen atoms in total. The molecule has 0 aliphatic rings. The van der Waals surface area contributed by atoms with Crippen LogP contribution in [0.25, 0.3) is 5.69 Å². The first kappa shape index (κ1) is 12.8. The average Bonchev–Trinajstić information content (AvgIpc) is 2.85. The maximum atomic E-state index is 4.33. The van der Waals surface area contributed by atoms with Gasteiger partial charge in [-0.05, 0) is 11.6 Å². The first-order valence-corrected chi connectivity index (χ1v) is 6.40. The van der Waals surface area contributed by atoms with Crippen LogP contribution < -0.4 is 5.32 Å². The standard InChI is InChI=1S/C14H20N4/c1-4-14-16-5-6-18(14)13-7-12(8-15-10-13)9-17-11(2)3/h5-8,10-11,17H,4,9H2,1-3H3. The van der Waals surface area contributed by atoms with Crippen molar-refractivity contribution in [2.75, 3.05) is 0 Å². The van der Waals surface area contributed by atoms with Crippen LogP contribution >= 0.6 is 0 Å². The third kappa shape index (κ3) is 2.96. The molecule has 0 spiro atoms. The number of hydrogen-bond acceptors (Lipinski definition) is 3. The number of hydrogen-bond donors (Lipinski definition) is 1. The first-order valence-electron chi connectivity index (χ1n) is 6.40. The number of pyridine rings is 1. The smallest absolute Gasteiger partial charge is 0.112 e. The zero-order valence-electron chi connectivity index (χ0n) is 11.2. The first-order chi connectivity index (χ1) is 8.70. The molecule has 2 aromatic heterocycles. The fourth-order valence-electron chi connectivity index (χ4n) is 1.86. The van der Waals surface area contributed by atoms with Crippen LogP contribution in [-0.2, 0) is 13.0 Å². The maximum Gasteiger partial charge on any atom is 0.112 e. The highest BCUT2D eigenvalue weighted by molar-refractivity contribution is 5.33. The predicted molar refractivity (Wildman–Crippen MR) is 72.7 cm³/mol. The topological polar surface area (TPSA) is 42.7 Å². The Bertz CT molecular complexity index is 502. The van der Waals surface area contributed by atoms with Gasteiger partial charge in [0.2, 0.25) is 0 Å². The summed E-state index contributed by atoms with van der Waals surface area (Å²) in [4.78, 5) is 8.64. The fourth-order valence-corrected chi connectivity index (χ4v) is 1.86. The molecule has 2 heterocycles. The number of aryl methyl sites for hydroxylation is 1. The zero-order chi connectivity index (χ0) is 13.0. The van der Waals surface area contributed by atoms with Gasteiger partial charge < -0.3 is 9.88 Å². The summed E-state index contributed by atoms with van der Waals surface area (Å²) in [6.45, 7) is 7.23. The number of aromatic nitrogens is 3. The summed E-state index contributed by atoms with van der Waals surface area (Å²) >= 11 is 0. The second kappa shape index (κ2) is 5.78. The Balaban J connectivity index is 2.21. The molecule has 0 saturated heterocycles. The van der Waals surface area contributed by atoms with Crippen molar-refractivity contribution in [1.82, 2.24) is 19.9 Å². The molecule has 2 rings (SSSR count). The van der Waals surface area contributed by atoms with Crippen LogP contribution in [0, 0.1) is 0 Å². The Morgan fingerprint density at radius 3 is 2.89 bits per heavy atom. The van der Waals surface area contributed by atoms with E-state index in [1.165, 1.54) is 5.56 Å². The molecule has 2 aromatic rings. The molecule has 0 aliphatic heterocycles. The SMILES string of the molecule is CCc1nccn1-c1cncc(CNC(C)C)c1. The van der Waals surface area contributed by atoms with Gasteiger partial charge in [0, 0.05) is 37.6 Å². The summed E-state index contributed by atoms with van der Waals surface area (Å²) in [5, 5.41) is 3.40. The van der Waals surface area contributed by atoms with Gasteiger partial charge in [-0.2, -0.15) is 0 Å². The maximum absolute atomic E-state index is 4.33. The molecule has 0 radical (unpaired) electrons. The minimum atomic E-state index is 0.480. The summed E-state index contributed by atoms with van der Waals surface area (Å²) in [6.07, 6.45) is 8.51. The minimum absolute atomic E-state index is 0.480. The molecule has 0 fully saturated rings. The lowest BCUT2D eigenvalue weighted by molar-refractivity contribution is 0.587. The second-order valence-corrected chi connectivity index (χ2v) is 4.65. The molecule has 0 bridgehead atoms. The highest BCUT2D eigenvalue weighted by atomic mass is 15.1. The molecule has 18 heavy (non-hydrogen) atoms. The third-order valence-corrected chi connectivity index (χ3v) is 2.81. The average molecular weight is 244 g/mol. The van der Waals surface area contributed by atoms with E-state index in [4.69, 9.17) is 0 Å². The van der Waals surface area contributed by atoms with Gasteiger partial charge in [0.25, 0.3) is 0 Å². The fraction of sp³-hybridized carbons (Fsp3) is 0.429. The van der Waals surface area contributed by atoms with Crippen LogP contribution in [0.15, 0.2) is 30.9 Å². The highest BCUT2D eigenvalue weighted by Crippen LogP contribution is 2.12. The van der Waals surface area contributed by atoms with Crippen LogP contribution in [0.2, 0.25) is 0 Å². The Morgan fingerprint density at radius 2 is 2.17 bits per heavy atom. The predicted octanol–water partition coefficient (Wildman–Crippen LogP) is 2.33. The molecular formula is C14H20N4. The molecule has 0 aromatic carbocycles. The van der Waals surface area contributed by atoms with Crippen molar-refractivity contribution in [2.45, 2.75) is 39.8 Å². The zero-order valence-corrected chi connectivity index (χ0v) is 11.2. The van der Waals surface area contributed by atoms with Crippen molar-refractivity contribution >= 4 is 0 Å². The van der Waals surface area contributed by atoms with E-state index in [1.807, 2.05) is 24.8 Å². The van der Waals surface area contributed by atoms with E-state index < -0.39 is 0 Å². The quantitative estimate of drug-likeness (QED) is 0.877. The van der Waals surface area contributed by atoms with Gasteiger partial charge in [-0.25, -0.2) is 4.98 Å². The van der Waals surface area contributed by atoms with Gasteiger partial charge in [0.15, 0.2) is 0 Å². The van der Waals surface area contributed by atoms with E-state index >= 15 is 0 Å². The van der Waals surface area contributed by atoms with Crippen molar-refractivity contribution in [3.8, 4) is 5.69 Å². The van der Waals surface area contributed by atoms with E-state index in [-0.39, 0.29) is 0 Å². The van der Waals surface area contributed by atoms with Gasteiger partial charge in [-0.3, -0.25) is 4.98 Å². The van der Waals surface area contributed by atoms with Gasteiger partial charge >= 0.3 is 0 Å². The molecule has 0 aliphatic carbocycles. The van der Waals surface area contributed by atoms with E-state index in [0.717, 1.165) is 24.5 Å². The molecular weight excluding hydrogens is 224 g/mol.